The smallest absolute Gasteiger partial charge is 0.0790 e. The Morgan fingerprint density at radius 2 is 2.31 bits per heavy atom. The Labute approximate surface area is 78.6 Å². The number of likely N-dealkylation sites (tertiary alicyclic amines) is 2. The summed E-state index contributed by atoms with van der Waals surface area (Å²) in [6.07, 6.45) is 0.179. The van der Waals surface area contributed by atoms with Gasteiger partial charge in [0.15, 0.2) is 0 Å². The maximum atomic E-state index is 5.93. The van der Waals surface area contributed by atoms with Crippen LogP contribution in [0.25, 0.3) is 0 Å². The van der Waals surface area contributed by atoms with Crippen LogP contribution in [0.1, 0.15) is 6.92 Å². The molecule has 4 unspecified atom stereocenters. The van der Waals surface area contributed by atoms with Gasteiger partial charge in [0.25, 0.3) is 0 Å². The summed E-state index contributed by atoms with van der Waals surface area (Å²) in [5.74, 6) is 0. The SMILES string of the molecule is CC(N)N1C2COCC23C1CN3C. The van der Waals surface area contributed by atoms with Crippen molar-refractivity contribution in [2.24, 2.45) is 5.73 Å². The molecule has 0 aromatic heterocycles. The fourth-order valence-corrected chi connectivity index (χ4v) is 3.39. The molecule has 3 aliphatic heterocycles. The zero-order valence-electron chi connectivity index (χ0n) is 8.23. The van der Waals surface area contributed by atoms with Crippen LogP contribution < -0.4 is 5.73 Å². The summed E-state index contributed by atoms with van der Waals surface area (Å²) in [5, 5.41) is 0. The molecule has 0 saturated carbocycles. The maximum Gasteiger partial charge on any atom is 0.0790 e. The van der Waals surface area contributed by atoms with Gasteiger partial charge in [-0.1, -0.05) is 0 Å². The predicted molar refractivity (Wildman–Crippen MR) is 49.2 cm³/mol. The highest BCUT2D eigenvalue weighted by Crippen LogP contribution is 2.51. The summed E-state index contributed by atoms with van der Waals surface area (Å²) in [4.78, 5) is 4.83. The molecule has 4 heteroatoms. The van der Waals surface area contributed by atoms with Crippen molar-refractivity contribution in [2.75, 3.05) is 26.8 Å². The van der Waals surface area contributed by atoms with Gasteiger partial charge in [-0.25, -0.2) is 0 Å². The van der Waals surface area contributed by atoms with Gasteiger partial charge in [-0.2, -0.15) is 0 Å². The van der Waals surface area contributed by atoms with Crippen LogP contribution in [0, 0.1) is 0 Å². The summed E-state index contributed by atoms with van der Waals surface area (Å²) < 4.78 is 5.57. The van der Waals surface area contributed by atoms with Crippen LogP contribution >= 0.6 is 0 Å². The molecule has 0 aromatic rings. The highest BCUT2D eigenvalue weighted by molar-refractivity contribution is 5.28. The Hall–Kier alpha value is -0.160. The fraction of sp³-hybridized carbons (Fsp3) is 1.00. The van der Waals surface area contributed by atoms with Gasteiger partial charge in [-0.15, -0.1) is 0 Å². The number of rotatable bonds is 1. The van der Waals surface area contributed by atoms with Gasteiger partial charge in [-0.05, 0) is 14.0 Å². The van der Waals surface area contributed by atoms with Gasteiger partial charge in [0.05, 0.1) is 31.0 Å². The number of ether oxygens (including phenoxy) is 1. The molecule has 0 bridgehead atoms. The lowest BCUT2D eigenvalue weighted by atomic mass is 9.66. The van der Waals surface area contributed by atoms with E-state index in [9.17, 15) is 0 Å². The number of hydrogen-bond donors (Lipinski definition) is 1. The first kappa shape index (κ1) is 8.17. The van der Waals surface area contributed by atoms with Crippen LogP contribution in [0.5, 0.6) is 0 Å². The molecule has 3 rings (SSSR count). The number of nitrogens with zero attached hydrogens (tertiary/aromatic N) is 2. The van der Waals surface area contributed by atoms with E-state index in [1.54, 1.807) is 0 Å². The van der Waals surface area contributed by atoms with Crippen molar-refractivity contribution in [3.05, 3.63) is 0 Å². The van der Waals surface area contributed by atoms with Crippen LogP contribution in [0.3, 0.4) is 0 Å². The molecule has 0 aromatic carbocycles. The standard InChI is InChI=1S/C9H17N3O/c1-6(10)12-7-3-11(2)9(7)5-13-4-8(9)12/h6-8H,3-5,10H2,1-2H3. The van der Waals surface area contributed by atoms with E-state index in [0.717, 1.165) is 19.8 Å². The van der Waals surface area contributed by atoms with Gasteiger partial charge in [0, 0.05) is 12.6 Å². The minimum absolute atomic E-state index is 0.179. The highest BCUT2D eigenvalue weighted by Gasteiger charge is 2.72. The monoisotopic (exact) mass is 183 g/mol. The second-order valence-electron chi connectivity index (χ2n) is 4.61. The van der Waals surface area contributed by atoms with Crippen LogP contribution in [0.15, 0.2) is 0 Å². The van der Waals surface area contributed by atoms with Crippen molar-refractivity contribution in [1.29, 1.82) is 0 Å². The van der Waals surface area contributed by atoms with Crippen molar-refractivity contribution in [3.63, 3.8) is 0 Å². The molecule has 4 nitrogen and oxygen atoms in total. The quantitative estimate of drug-likeness (QED) is 0.569. The molecule has 4 atom stereocenters. The topological polar surface area (TPSA) is 41.7 Å². The van der Waals surface area contributed by atoms with Crippen molar-refractivity contribution in [3.8, 4) is 0 Å². The zero-order chi connectivity index (χ0) is 9.22. The Morgan fingerprint density at radius 1 is 1.54 bits per heavy atom. The summed E-state index contributed by atoms with van der Waals surface area (Å²) in [6, 6.07) is 1.21. The van der Waals surface area contributed by atoms with Crippen LogP contribution in [0.4, 0.5) is 0 Å². The molecule has 3 aliphatic rings. The van der Waals surface area contributed by atoms with E-state index in [-0.39, 0.29) is 6.17 Å². The third kappa shape index (κ3) is 0.687. The third-order valence-corrected chi connectivity index (χ3v) is 4.11. The van der Waals surface area contributed by atoms with E-state index in [1.165, 1.54) is 0 Å². The second kappa shape index (κ2) is 2.25. The average molecular weight is 183 g/mol. The molecule has 0 amide bonds. The first-order valence-corrected chi connectivity index (χ1v) is 5.00. The minimum atomic E-state index is 0.179. The van der Waals surface area contributed by atoms with E-state index >= 15 is 0 Å². The molecule has 3 heterocycles. The van der Waals surface area contributed by atoms with E-state index in [4.69, 9.17) is 10.5 Å². The van der Waals surface area contributed by atoms with Crippen LogP contribution in [-0.4, -0.2) is 60.4 Å². The van der Waals surface area contributed by atoms with Gasteiger partial charge < -0.3 is 10.5 Å². The van der Waals surface area contributed by atoms with Gasteiger partial charge >= 0.3 is 0 Å². The lowest BCUT2D eigenvalue weighted by molar-refractivity contribution is -0.225. The predicted octanol–water partition coefficient (Wildman–Crippen LogP) is -0.942. The highest BCUT2D eigenvalue weighted by atomic mass is 16.5. The van der Waals surface area contributed by atoms with Gasteiger partial charge in [-0.3, -0.25) is 9.80 Å². The Bertz CT molecular complexity index is 245. The van der Waals surface area contributed by atoms with Crippen LogP contribution in [0.2, 0.25) is 0 Å². The summed E-state index contributed by atoms with van der Waals surface area (Å²) in [6.45, 7) is 4.99. The molecule has 1 spiro atoms. The first-order valence-electron chi connectivity index (χ1n) is 5.00. The van der Waals surface area contributed by atoms with Crippen molar-refractivity contribution in [2.45, 2.75) is 30.7 Å². The number of piperazine rings is 1. The molecule has 3 saturated heterocycles. The molecule has 0 aliphatic carbocycles. The average Bonchev–Trinajstić information content (AvgIpc) is 2.45. The van der Waals surface area contributed by atoms with Crippen LogP contribution in [-0.2, 0) is 4.74 Å². The summed E-state index contributed by atoms with van der Waals surface area (Å²) in [5.41, 5.74) is 6.28. The van der Waals surface area contributed by atoms with E-state index in [2.05, 4.69) is 23.8 Å². The Balaban J connectivity index is 1.87. The molecule has 13 heavy (non-hydrogen) atoms. The lowest BCUT2D eigenvalue weighted by Crippen LogP contribution is -2.92. The number of nitrogens with two attached hydrogens (primary N) is 1. The first-order chi connectivity index (χ1) is 6.18. The Morgan fingerprint density at radius 3 is 2.92 bits per heavy atom. The molecule has 2 N–H and O–H groups in total. The minimum Gasteiger partial charge on any atom is -0.378 e. The molecule has 74 valence electrons. The summed E-state index contributed by atoms with van der Waals surface area (Å²) >= 11 is 0. The zero-order valence-corrected chi connectivity index (χ0v) is 8.23. The molecule has 0 radical (unpaired) electrons. The normalized spacial score (nSPS) is 51.9. The molecule has 3 fully saturated rings. The van der Waals surface area contributed by atoms with Gasteiger partial charge in [0.2, 0.25) is 0 Å². The maximum absolute atomic E-state index is 5.93. The Kier molecular flexibility index (Phi) is 1.42. The van der Waals surface area contributed by atoms with Crippen molar-refractivity contribution >= 4 is 0 Å². The molecular weight excluding hydrogens is 166 g/mol. The fourth-order valence-electron chi connectivity index (χ4n) is 3.39. The third-order valence-electron chi connectivity index (χ3n) is 4.11. The largest absolute Gasteiger partial charge is 0.378 e. The number of hydrogen-bond acceptors (Lipinski definition) is 4. The van der Waals surface area contributed by atoms with E-state index < -0.39 is 0 Å². The summed E-state index contributed by atoms with van der Waals surface area (Å²) in [7, 11) is 2.19. The lowest BCUT2D eigenvalue weighted by Gasteiger charge is -2.72. The van der Waals surface area contributed by atoms with E-state index in [0.29, 0.717) is 17.6 Å². The van der Waals surface area contributed by atoms with Crippen molar-refractivity contribution < 1.29 is 4.74 Å². The van der Waals surface area contributed by atoms with Gasteiger partial charge in [0.1, 0.15) is 0 Å². The van der Waals surface area contributed by atoms with E-state index in [1.807, 2.05) is 0 Å². The van der Waals surface area contributed by atoms with Crippen molar-refractivity contribution in [1.82, 2.24) is 9.80 Å². The molecular formula is C9H17N3O. The second-order valence-corrected chi connectivity index (χ2v) is 4.61. The number of likely N-dealkylation sites (N-methyl/N-ethyl adjacent to an activating group) is 1.